The molecule has 0 saturated heterocycles. The van der Waals surface area contributed by atoms with Crippen molar-refractivity contribution in [2.24, 2.45) is 0 Å². The lowest BCUT2D eigenvalue weighted by atomic mass is 10.3. The van der Waals surface area contributed by atoms with Crippen molar-refractivity contribution in [2.75, 3.05) is 37.9 Å². The number of hydrogen-bond acceptors (Lipinski definition) is 4. The van der Waals surface area contributed by atoms with Gasteiger partial charge in [-0.1, -0.05) is 18.2 Å². The quantitative estimate of drug-likeness (QED) is 0.557. The molecule has 1 rings (SSSR count). The van der Waals surface area contributed by atoms with Crippen LogP contribution in [-0.4, -0.2) is 46.3 Å². The number of nitrogens with zero attached hydrogens (tertiary/aromatic N) is 2. The smallest absolute Gasteiger partial charge is 0.228 e. The van der Waals surface area contributed by atoms with Crippen LogP contribution in [0, 0.1) is 0 Å². The molecule has 0 aliphatic carbocycles. The zero-order valence-corrected chi connectivity index (χ0v) is 13.4. The molecule has 0 aliphatic rings. The van der Waals surface area contributed by atoms with Crippen LogP contribution in [0.15, 0.2) is 30.3 Å². The van der Waals surface area contributed by atoms with Gasteiger partial charge >= 0.3 is 0 Å². The van der Waals surface area contributed by atoms with E-state index in [2.05, 4.69) is 9.73 Å². The van der Waals surface area contributed by atoms with E-state index < -0.39 is 10.0 Å². The summed E-state index contributed by atoms with van der Waals surface area (Å²) in [5.74, 6) is 0.157. The SMILES string of the molecule is CCN(NS(=O)(=O)CCCCN(C)C)c1ccccc1. The van der Waals surface area contributed by atoms with Crippen LogP contribution < -0.4 is 9.84 Å². The fourth-order valence-electron chi connectivity index (χ4n) is 1.84. The molecule has 0 unspecified atom stereocenters. The van der Waals surface area contributed by atoms with Crippen LogP contribution in [0.1, 0.15) is 19.8 Å². The highest BCUT2D eigenvalue weighted by molar-refractivity contribution is 7.89. The van der Waals surface area contributed by atoms with Gasteiger partial charge in [-0.3, -0.25) is 5.01 Å². The molecule has 0 amide bonds. The van der Waals surface area contributed by atoms with Crippen molar-refractivity contribution in [1.82, 2.24) is 9.73 Å². The highest BCUT2D eigenvalue weighted by Crippen LogP contribution is 2.11. The first-order valence-corrected chi connectivity index (χ1v) is 8.57. The summed E-state index contributed by atoms with van der Waals surface area (Å²) in [4.78, 5) is 4.70. The molecule has 1 aromatic carbocycles. The fraction of sp³-hybridized carbons (Fsp3) is 0.571. The van der Waals surface area contributed by atoms with E-state index in [4.69, 9.17) is 0 Å². The first-order valence-electron chi connectivity index (χ1n) is 6.92. The van der Waals surface area contributed by atoms with Gasteiger partial charge in [0.1, 0.15) is 0 Å². The van der Waals surface area contributed by atoms with Crippen LogP contribution in [0.2, 0.25) is 0 Å². The molecule has 0 aromatic heterocycles. The highest BCUT2D eigenvalue weighted by atomic mass is 32.2. The summed E-state index contributed by atoms with van der Waals surface area (Å²) in [6.07, 6.45) is 1.55. The summed E-state index contributed by atoms with van der Waals surface area (Å²) in [5.41, 5.74) is 0.854. The lowest BCUT2D eigenvalue weighted by molar-refractivity contribution is 0.398. The second kappa shape index (κ2) is 8.24. The lowest BCUT2D eigenvalue weighted by Crippen LogP contribution is -2.43. The van der Waals surface area contributed by atoms with Gasteiger partial charge in [-0.2, -0.15) is 0 Å². The molecule has 5 nitrogen and oxygen atoms in total. The Morgan fingerprint density at radius 3 is 2.30 bits per heavy atom. The maximum atomic E-state index is 12.1. The molecule has 0 radical (unpaired) electrons. The molecule has 1 N–H and O–H groups in total. The third kappa shape index (κ3) is 6.36. The van der Waals surface area contributed by atoms with Crippen molar-refractivity contribution in [1.29, 1.82) is 0 Å². The van der Waals surface area contributed by atoms with Gasteiger partial charge in [0, 0.05) is 6.54 Å². The van der Waals surface area contributed by atoms with E-state index in [-0.39, 0.29) is 5.75 Å². The van der Waals surface area contributed by atoms with Gasteiger partial charge < -0.3 is 4.90 Å². The van der Waals surface area contributed by atoms with E-state index in [1.807, 2.05) is 51.4 Å². The lowest BCUT2D eigenvalue weighted by Gasteiger charge is -2.23. The Kier molecular flexibility index (Phi) is 6.98. The molecule has 0 atom stereocenters. The minimum absolute atomic E-state index is 0.157. The highest BCUT2D eigenvalue weighted by Gasteiger charge is 2.14. The standard InChI is InChI=1S/C14H25N3O2S/c1-4-17(14-10-6-5-7-11-14)15-20(18,19)13-9-8-12-16(2)3/h5-7,10-11,15H,4,8-9,12-13H2,1-3H3. The molecule has 0 spiro atoms. The number of nitrogens with one attached hydrogen (secondary N) is 1. The second-order valence-corrected chi connectivity index (χ2v) is 6.82. The third-order valence-electron chi connectivity index (χ3n) is 2.90. The summed E-state index contributed by atoms with van der Waals surface area (Å²) < 4.78 is 24.1. The van der Waals surface area contributed by atoms with Crippen LogP contribution in [0.25, 0.3) is 0 Å². The minimum Gasteiger partial charge on any atom is -0.309 e. The van der Waals surface area contributed by atoms with Crippen LogP contribution in [0.3, 0.4) is 0 Å². The Labute approximate surface area is 122 Å². The normalized spacial score (nSPS) is 11.8. The molecule has 1 aromatic rings. The van der Waals surface area contributed by atoms with Crippen molar-refractivity contribution in [3.05, 3.63) is 30.3 Å². The Morgan fingerprint density at radius 1 is 1.10 bits per heavy atom. The summed E-state index contributed by atoms with van der Waals surface area (Å²) in [6.45, 7) is 3.41. The summed E-state index contributed by atoms with van der Waals surface area (Å²) in [6, 6.07) is 9.47. The molecule has 20 heavy (non-hydrogen) atoms. The van der Waals surface area contributed by atoms with E-state index in [1.54, 1.807) is 5.01 Å². The second-order valence-electron chi connectivity index (χ2n) is 5.00. The number of para-hydroxylation sites is 1. The van der Waals surface area contributed by atoms with Gasteiger partial charge in [-0.15, -0.1) is 4.83 Å². The molecule has 0 heterocycles. The van der Waals surface area contributed by atoms with E-state index in [9.17, 15) is 8.42 Å². The Hall–Kier alpha value is -1.11. The molecule has 6 heteroatoms. The number of rotatable bonds is 9. The van der Waals surface area contributed by atoms with Gasteiger partial charge in [0.2, 0.25) is 10.0 Å². The monoisotopic (exact) mass is 299 g/mol. The van der Waals surface area contributed by atoms with Crippen molar-refractivity contribution in [3.8, 4) is 0 Å². The largest absolute Gasteiger partial charge is 0.309 e. The van der Waals surface area contributed by atoms with Gasteiger partial charge in [0.05, 0.1) is 11.4 Å². The van der Waals surface area contributed by atoms with Crippen LogP contribution in [0.4, 0.5) is 5.69 Å². The Bertz CT molecular complexity index is 474. The summed E-state index contributed by atoms with van der Waals surface area (Å²) in [7, 11) is 0.693. The van der Waals surface area contributed by atoms with E-state index in [0.717, 1.165) is 18.7 Å². The molecular weight excluding hydrogens is 274 g/mol. The third-order valence-corrected chi connectivity index (χ3v) is 4.23. The number of benzene rings is 1. The van der Waals surface area contributed by atoms with Crippen LogP contribution in [-0.2, 0) is 10.0 Å². The van der Waals surface area contributed by atoms with Crippen molar-refractivity contribution < 1.29 is 8.42 Å². The van der Waals surface area contributed by atoms with Gasteiger partial charge in [0.25, 0.3) is 0 Å². The summed E-state index contributed by atoms with van der Waals surface area (Å²) in [5, 5.41) is 1.65. The minimum atomic E-state index is -3.28. The van der Waals surface area contributed by atoms with Crippen LogP contribution >= 0.6 is 0 Å². The number of sulfonamides is 1. The van der Waals surface area contributed by atoms with E-state index in [0.29, 0.717) is 13.0 Å². The van der Waals surface area contributed by atoms with Crippen molar-refractivity contribution >= 4 is 15.7 Å². The summed E-state index contributed by atoms with van der Waals surface area (Å²) >= 11 is 0. The molecule has 0 bridgehead atoms. The Balaban J connectivity index is 2.51. The van der Waals surface area contributed by atoms with Gasteiger partial charge in [-0.25, -0.2) is 8.42 Å². The number of anilines is 1. The topological polar surface area (TPSA) is 52.7 Å². The Morgan fingerprint density at radius 2 is 1.75 bits per heavy atom. The molecule has 0 fully saturated rings. The predicted octanol–water partition coefficient (Wildman–Crippen LogP) is 1.69. The molecule has 0 saturated carbocycles. The molecular formula is C14H25N3O2S. The number of unbranched alkanes of at least 4 members (excludes halogenated alkanes) is 1. The van der Waals surface area contributed by atoms with Gasteiger partial charge in [0.15, 0.2) is 0 Å². The average molecular weight is 299 g/mol. The number of hydrazine groups is 1. The zero-order chi connectivity index (χ0) is 15.0. The van der Waals surface area contributed by atoms with E-state index in [1.165, 1.54) is 0 Å². The number of hydrogen-bond donors (Lipinski definition) is 1. The maximum Gasteiger partial charge on any atom is 0.228 e. The predicted molar refractivity (Wildman–Crippen MR) is 84.2 cm³/mol. The molecule has 114 valence electrons. The first-order chi connectivity index (χ1) is 9.44. The first kappa shape index (κ1) is 16.9. The van der Waals surface area contributed by atoms with Gasteiger partial charge in [-0.05, 0) is 52.5 Å². The average Bonchev–Trinajstić information content (AvgIpc) is 2.42. The maximum absolute atomic E-state index is 12.1. The zero-order valence-electron chi connectivity index (χ0n) is 12.5. The molecule has 0 aliphatic heterocycles. The van der Waals surface area contributed by atoms with Crippen LogP contribution in [0.5, 0.6) is 0 Å². The van der Waals surface area contributed by atoms with Crippen molar-refractivity contribution in [3.63, 3.8) is 0 Å². The fourth-order valence-corrected chi connectivity index (χ4v) is 3.09. The van der Waals surface area contributed by atoms with E-state index >= 15 is 0 Å². The van der Waals surface area contributed by atoms with Crippen molar-refractivity contribution in [2.45, 2.75) is 19.8 Å².